The van der Waals surface area contributed by atoms with Crippen LogP contribution in [0.1, 0.15) is 48.9 Å². The van der Waals surface area contributed by atoms with Crippen LogP contribution in [0.25, 0.3) is 22.3 Å². The predicted molar refractivity (Wildman–Crippen MR) is 119 cm³/mol. The largest absolute Gasteiger partial charge is 0.273 e. The van der Waals surface area contributed by atoms with E-state index in [-0.39, 0.29) is 5.41 Å². The van der Waals surface area contributed by atoms with Crippen LogP contribution in [0, 0.1) is 30.1 Å². The summed E-state index contributed by atoms with van der Waals surface area (Å²) in [5, 5.41) is 1.07. The lowest BCUT2D eigenvalue weighted by Crippen LogP contribution is -2.51. The molecule has 4 saturated carbocycles. The number of hydrogen-bond acceptors (Lipinski definition) is 2. The molecule has 0 radical (unpaired) electrons. The fourth-order valence-electron chi connectivity index (χ4n) is 7.04. The van der Waals surface area contributed by atoms with Crippen LogP contribution in [0.15, 0.2) is 47.1 Å². The number of halogens is 1. The van der Waals surface area contributed by atoms with Crippen molar-refractivity contribution in [3.8, 4) is 11.3 Å². The maximum atomic E-state index is 14.3. The van der Waals surface area contributed by atoms with Gasteiger partial charge in [-0.1, -0.05) is 30.3 Å². The first-order valence-corrected chi connectivity index (χ1v) is 11.6. The van der Waals surface area contributed by atoms with Crippen molar-refractivity contribution in [2.45, 2.75) is 45.4 Å². The SMILES string of the molecule is Cc1c(-c2ccccc2)n(C(=O)C23CC4CC(CC(C4)C2)C3)c2nc(Br)ccc12. The van der Waals surface area contributed by atoms with Gasteiger partial charge in [-0.3, -0.25) is 9.36 Å². The molecule has 4 aliphatic carbocycles. The summed E-state index contributed by atoms with van der Waals surface area (Å²) in [5.74, 6) is 2.52. The van der Waals surface area contributed by atoms with Gasteiger partial charge in [-0.05, 0) is 102 Å². The van der Waals surface area contributed by atoms with Crippen molar-refractivity contribution in [1.82, 2.24) is 9.55 Å². The van der Waals surface area contributed by atoms with Crippen LogP contribution in [-0.4, -0.2) is 15.5 Å². The van der Waals surface area contributed by atoms with Gasteiger partial charge in [0, 0.05) is 5.39 Å². The summed E-state index contributed by atoms with van der Waals surface area (Å²) in [6.45, 7) is 2.13. The van der Waals surface area contributed by atoms with E-state index in [0.717, 1.165) is 69.5 Å². The third kappa shape index (κ3) is 2.61. The number of benzene rings is 1. The molecule has 0 spiro atoms. The molecule has 4 aliphatic rings. The highest BCUT2D eigenvalue weighted by molar-refractivity contribution is 9.10. The molecule has 4 bridgehead atoms. The molecule has 0 N–H and O–H groups in total. The van der Waals surface area contributed by atoms with E-state index < -0.39 is 0 Å². The molecule has 0 atom stereocenters. The third-order valence-corrected chi connectivity index (χ3v) is 8.22. The molecule has 29 heavy (non-hydrogen) atoms. The van der Waals surface area contributed by atoms with Gasteiger partial charge in [0.1, 0.15) is 10.3 Å². The van der Waals surface area contributed by atoms with Crippen LogP contribution in [0.4, 0.5) is 0 Å². The molecular weight excluding hydrogens is 424 g/mol. The van der Waals surface area contributed by atoms with E-state index in [1.54, 1.807) is 0 Å². The van der Waals surface area contributed by atoms with Gasteiger partial charge < -0.3 is 0 Å². The smallest absolute Gasteiger partial charge is 0.239 e. The first kappa shape index (κ1) is 17.9. The van der Waals surface area contributed by atoms with E-state index in [9.17, 15) is 4.79 Å². The van der Waals surface area contributed by atoms with Gasteiger partial charge in [0.25, 0.3) is 0 Å². The Morgan fingerprint density at radius 2 is 1.62 bits per heavy atom. The van der Waals surface area contributed by atoms with Gasteiger partial charge in [-0.2, -0.15) is 0 Å². The summed E-state index contributed by atoms with van der Waals surface area (Å²) in [6, 6.07) is 14.4. The molecule has 3 aromatic rings. The van der Waals surface area contributed by atoms with E-state index in [0.29, 0.717) is 5.91 Å². The minimum Gasteiger partial charge on any atom is -0.273 e. The van der Waals surface area contributed by atoms with E-state index in [2.05, 4.69) is 53.2 Å². The van der Waals surface area contributed by atoms with Gasteiger partial charge in [0.05, 0.1) is 11.1 Å². The molecular formula is C25H25BrN2O. The van der Waals surface area contributed by atoms with Gasteiger partial charge in [0.2, 0.25) is 5.91 Å². The summed E-state index contributed by atoms with van der Waals surface area (Å²) in [5.41, 5.74) is 3.87. The minimum atomic E-state index is -0.194. The van der Waals surface area contributed by atoms with Gasteiger partial charge in [-0.15, -0.1) is 0 Å². The first-order chi connectivity index (χ1) is 14.0. The molecule has 0 unspecified atom stereocenters. The van der Waals surface area contributed by atoms with Crippen LogP contribution < -0.4 is 0 Å². The van der Waals surface area contributed by atoms with Crippen LogP contribution in [-0.2, 0) is 0 Å². The lowest BCUT2D eigenvalue weighted by atomic mass is 9.49. The number of aromatic nitrogens is 2. The van der Waals surface area contributed by atoms with Crippen LogP contribution in [0.2, 0.25) is 0 Å². The van der Waals surface area contributed by atoms with Crippen molar-refractivity contribution in [3.05, 3.63) is 52.6 Å². The van der Waals surface area contributed by atoms with Crippen LogP contribution in [0.3, 0.4) is 0 Å². The fourth-order valence-corrected chi connectivity index (χ4v) is 7.34. The molecule has 148 valence electrons. The molecule has 3 nitrogen and oxygen atoms in total. The second-order valence-electron chi connectivity index (χ2n) is 9.68. The number of carbonyl (C=O) groups excluding carboxylic acids is 1. The van der Waals surface area contributed by atoms with E-state index >= 15 is 0 Å². The summed E-state index contributed by atoms with van der Waals surface area (Å²) in [7, 11) is 0. The molecule has 1 aromatic carbocycles. The maximum Gasteiger partial charge on any atom is 0.239 e. The van der Waals surface area contributed by atoms with Gasteiger partial charge in [-0.25, -0.2) is 4.98 Å². The van der Waals surface area contributed by atoms with Crippen molar-refractivity contribution in [1.29, 1.82) is 0 Å². The van der Waals surface area contributed by atoms with Crippen molar-refractivity contribution in [3.63, 3.8) is 0 Å². The van der Waals surface area contributed by atoms with Crippen LogP contribution >= 0.6 is 15.9 Å². The topological polar surface area (TPSA) is 34.9 Å². The molecule has 2 aromatic heterocycles. The quantitative estimate of drug-likeness (QED) is 0.412. The average molecular weight is 449 g/mol. The van der Waals surface area contributed by atoms with Crippen molar-refractivity contribution >= 4 is 32.9 Å². The molecule has 4 heteroatoms. The standard InChI is InChI=1S/C25H25BrN2O/c1-15-20-7-8-21(26)27-23(20)28(22(15)19-5-3-2-4-6-19)24(29)25-12-16-9-17(13-25)11-18(10-16)14-25/h2-8,16-18H,9-14H2,1H3. The number of pyridine rings is 1. The van der Waals surface area contributed by atoms with Crippen molar-refractivity contribution in [2.24, 2.45) is 23.2 Å². The molecule has 4 fully saturated rings. The first-order valence-electron chi connectivity index (χ1n) is 10.8. The molecule has 0 aliphatic heterocycles. The lowest BCUT2D eigenvalue weighted by molar-refractivity contribution is -0.0397. The Labute approximate surface area is 179 Å². The molecule has 0 amide bonds. The number of aryl methyl sites for hydroxylation is 1. The Morgan fingerprint density at radius 1 is 1.00 bits per heavy atom. The maximum absolute atomic E-state index is 14.3. The Morgan fingerprint density at radius 3 is 2.24 bits per heavy atom. The highest BCUT2D eigenvalue weighted by Gasteiger charge is 2.55. The van der Waals surface area contributed by atoms with E-state index in [4.69, 9.17) is 4.98 Å². The zero-order chi connectivity index (χ0) is 19.8. The normalized spacial score (nSPS) is 30.2. The van der Waals surface area contributed by atoms with Crippen molar-refractivity contribution < 1.29 is 4.79 Å². The van der Waals surface area contributed by atoms with Gasteiger partial charge in [0.15, 0.2) is 0 Å². The Hall–Kier alpha value is -1.94. The number of carbonyl (C=O) groups is 1. The monoisotopic (exact) mass is 448 g/mol. The Bertz CT molecular complexity index is 1100. The summed E-state index contributed by atoms with van der Waals surface area (Å²) in [4.78, 5) is 19.1. The number of nitrogens with zero attached hydrogens (tertiary/aromatic N) is 2. The van der Waals surface area contributed by atoms with E-state index in [1.165, 1.54) is 19.3 Å². The summed E-state index contributed by atoms with van der Waals surface area (Å²) in [6.07, 6.45) is 7.23. The highest BCUT2D eigenvalue weighted by Crippen LogP contribution is 2.61. The van der Waals surface area contributed by atoms with Crippen LogP contribution in [0.5, 0.6) is 0 Å². The molecule has 7 rings (SSSR count). The second-order valence-corrected chi connectivity index (χ2v) is 10.5. The third-order valence-electron chi connectivity index (χ3n) is 7.78. The van der Waals surface area contributed by atoms with Gasteiger partial charge >= 0.3 is 0 Å². The highest BCUT2D eigenvalue weighted by atomic mass is 79.9. The Balaban J connectivity index is 1.59. The second kappa shape index (κ2) is 6.28. The van der Waals surface area contributed by atoms with Crippen molar-refractivity contribution in [2.75, 3.05) is 0 Å². The number of fused-ring (bicyclic) bond motifs is 1. The number of hydrogen-bond donors (Lipinski definition) is 0. The lowest BCUT2D eigenvalue weighted by Gasteiger charge is -2.55. The molecule has 0 saturated heterocycles. The average Bonchev–Trinajstić information content (AvgIpc) is 2.98. The minimum absolute atomic E-state index is 0.194. The number of rotatable bonds is 2. The predicted octanol–water partition coefficient (Wildman–Crippen LogP) is 6.63. The Kier molecular flexibility index (Phi) is 3.87. The molecule has 2 heterocycles. The van der Waals surface area contributed by atoms with E-state index in [1.807, 2.05) is 16.7 Å². The summed E-state index contributed by atoms with van der Waals surface area (Å²) >= 11 is 3.53. The zero-order valence-electron chi connectivity index (χ0n) is 16.7. The fraction of sp³-hybridized carbons (Fsp3) is 0.440. The summed E-state index contributed by atoms with van der Waals surface area (Å²) < 4.78 is 2.76. The zero-order valence-corrected chi connectivity index (χ0v) is 18.3.